The zero-order valence-corrected chi connectivity index (χ0v) is 12.9. The molecule has 1 aromatic heterocycles. The average Bonchev–Trinajstić information content (AvgIpc) is 2.75. The lowest BCUT2D eigenvalue weighted by molar-refractivity contribution is 0.0990. The van der Waals surface area contributed by atoms with Gasteiger partial charge in [-0.15, -0.1) is 0 Å². The van der Waals surface area contributed by atoms with Crippen LogP contribution in [0, 0.1) is 20.8 Å². The summed E-state index contributed by atoms with van der Waals surface area (Å²) in [6, 6.07) is 6.37. The number of hydrogen-bond donors (Lipinski definition) is 0. The summed E-state index contributed by atoms with van der Waals surface area (Å²) < 4.78 is 1.89. The topological polar surface area (TPSA) is 34.9 Å². The second-order valence-corrected chi connectivity index (χ2v) is 5.75. The van der Waals surface area contributed by atoms with Crippen LogP contribution < -0.4 is 0 Å². The minimum Gasteiger partial charge on any atom is -0.294 e. The van der Waals surface area contributed by atoms with Crippen LogP contribution in [0.3, 0.4) is 0 Å². The molecule has 0 bridgehead atoms. The molecule has 1 heterocycles. The van der Waals surface area contributed by atoms with Gasteiger partial charge in [0.1, 0.15) is 0 Å². The first-order valence-corrected chi connectivity index (χ1v) is 7.03. The molecule has 0 atom stereocenters. The van der Waals surface area contributed by atoms with Gasteiger partial charge >= 0.3 is 0 Å². The zero-order valence-electron chi connectivity index (χ0n) is 12.9. The highest BCUT2D eigenvalue weighted by Gasteiger charge is 2.15. The summed E-state index contributed by atoms with van der Waals surface area (Å²) in [7, 11) is 0. The van der Waals surface area contributed by atoms with E-state index in [2.05, 4.69) is 38.0 Å². The van der Waals surface area contributed by atoms with E-state index in [1.165, 1.54) is 5.56 Å². The van der Waals surface area contributed by atoms with Gasteiger partial charge in [-0.1, -0.05) is 17.7 Å². The van der Waals surface area contributed by atoms with Crippen molar-refractivity contribution in [3.63, 3.8) is 0 Å². The predicted molar refractivity (Wildman–Crippen MR) is 81.3 cm³/mol. The molecule has 0 saturated heterocycles. The molecule has 3 heteroatoms. The third-order valence-electron chi connectivity index (χ3n) is 3.49. The molecule has 0 aliphatic carbocycles. The normalized spacial score (nSPS) is 11.1. The Morgan fingerprint density at radius 1 is 1.20 bits per heavy atom. The smallest absolute Gasteiger partial charge is 0.169 e. The number of Topliss-reactive ketones (excluding diaryl/α,β-unsaturated/α-hetero) is 1. The van der Waals surface area contributed by atoms with Gasteiger partial charge in [0.2, 0.25) is 0 Å². The van der Waals surface area contributed by atoms with Crippen molar-refractivity contribution in [2.24, 2.45) is 0 Å². The van der Waals surface area contributed by atoms with E-state index in [1.807, 2.05) is 30.8 Å². The minimum absolute atomic E-state index is 0.147. The summed E-state index contributed by atoms with van der Waals surface area (Å²) in [5, 5.41) is 4.45. The predicted octanol–water partition coefficient (Wildman–Crippen LogP) is 3.81. The van der Waals surface area contributed by atoms with Crippen molar-refractivity contribution in [3.8, 4) is 0 Å². The molecule has 20 heavy (non-hydrogen) atoms. The number of aryl methyl sites for hydroxylation is 3. The van der Waals surface area contributed by atoms with Gasteiger partial charge in [0, 0.05) is 17.8 Å². The van der Waals surface area contributed by atoms with Gasteiger partial charge in [-0.3, -0.25) is 9.48 Å². The van der Waals surface area contributed by atoms with E-state index in [4.69, 9.17) is 0 Å². The highest BCUT2D eigenvalue weighted by Crippen LogP contribution is 2.18. The molecule has 0 N–H and O–H groups in total. The minimum atomic E-state index is 0.147. The SMILES string of the molecule is Cc1cc(C)c(C(=O)Cc2ccn(C(C)C)n2)c(C)c1. The maximum Gasteiger partial charge on any atom is 0.169 e. The van der Waals surface area contributed by atoms with E-state index in [9.17, 15) is 4.79 Å². The summed E-state index contributed by atoms with van der Waals surface area (Å²) in [4.78, 5) is 12.5. The Labute approximate surface area is 120 Å². The molecule has 2 aromatic rings. The quantitative estimate of drug-likeness (QED) is 0.792. The van der Waals surface area contributed by atoms with Crippen LogP contribution in [0.5, 0.6) is 0 Å². The van der Waals surface area contributed by atoms with Crippen LogP contribution in [-0.2, 0) is 6.42 Å². The number of carbonyl (C=O) groups is 1. The Morgan fingerprint density at radius 3 is 2.30 bits per heavy atom. The van der Waals surface area contributed by atoms with Crippen LogP contribution in [0.4, 0.5) is 0 Å². The summed E-state index contributed by atoms with van der Waals surface area (Å²) in [6.45, 7) is 10.2. The van der Waals surface area contributed by atoms with Crippen molar-refractivity contribution in [1.29, 1.82) is 0 Å². The highest BCUT2D eigenvalue weighted by molar-refractivity contribution is 6.00. The van der Waals surface area contributed by atoms with E-state index in [1.54, 1.807) is 0 Å². The molecule has 0 radical (unpaired) electrons. The molecular formula is C17H22N2O. The molecule has 0 saturated carbocycles. The van der Waals surface area contributed by atoms with Crippen LogP contribution in [0.1, 0.15) is 52.6 Å². The fourth-order valence-corrected chi connectivity index (χ4v) is 2.63. The third kappa shape index (κ3) is 2.98. The lowest BCUT2D eigenvalue weighted by atomic mass is 9.95. The number of rotatable bonds is 4. The van der Waals surface area contributed by atoms with Crippen molar-refractivity contribution in [2.75, 3.05) is 0 Å². The molecule has 3 nitrogen and oxygen atoms in total. The maximum atomic E-state index is 12.5. The second kappa shape index (κ2) is 5.61. The van der Waals surface area contributed by atoms with Crippen molar-refractivity contribution in [1.82, 2.24) is 9.78 Å². The van der Waals surface area contributed by atoms with E-state index in [0.717, 1.165) is 22.4 Å². The lowest BCUT2D eigenvalue weighted by Crippen LogP contribution is -2.10. The molecule has 0 spiro atoms. The van der Waals surface area contributed by atoms with Crippen molar-refractivity contribution in [3.05, 3.63) is 52.3 Å². The number of benzene rings is 1. The van der Waals surface area contributed by atoms with Gasteiger partial charge in [0.25, 0.3) is 0 Å². The summed E-state index contributed by atoms with van der Waals surface area (Å²) in [5.41, 5.74) is 4.98. The van der Waals surface area contributed by atoms with Crippen molar-refractivity contribution >= 4 is 5.78 Å². The first-order chi connectivity index (χ1) is 9.38. The van der Waals surface area contributed by atoms with E-state index in [-0.39, 0.29) is 5.78 Å². The Morgan fingerprint density at radius 2 is 1.80 bits per heavy atom. The van der Waals surface area contributed by atoms with Gasteiger partial charge in [0.15, 0.2) is 5.78 Å². The van der Waals surface area contributed by atoms with E-state index in [0.29, 0.717) is 12.5 Å². The summed E-state index contributed by atoms with van der Waals surface area (Å²) in [6.07, 6.45) is 2.30. The van der Waals surface area contributed by atoms with Gasteiger partial charge in [-0.25, -0.2) is 0 Å². The summed E-state index contributed by atoms with van der Waals surface area (Å²) in [5.74, 6) is 0.147. The first kappa shape index (κ1) is 14.5. The Kier molecular flexibility index (Phi) is 4.07. The molecule has 0 fully saturated rings. The van der Waals surface area contributed by atoms with Crippen LogP contribution >= 0.6 is 0 Å². The molecular weight excluding hydrogens is 248 g/mol. The van der Waals surface area contributed by atoms with Crippen LogP contribution in [0.2, 0.25) is 0 Å². The Bertz CT molecular complexity index is 615. The van der Waals surface area contributed by atoms with Gasteiger partial charge in [-0.2, -0.15) is 5.10 Å². The average molecular weight is 270 g/mol. The maximum absolute atomic E-state index is 12.5. The molecule has 1 aromatic carbocycles. The molecule has 0 aliphatic heterocycles. The number of carbonyl (C=O) groups excluding carboxylic acids is 1. The van der Waals surface area contributed by atoms with Crippen LogP contribution in [0.25, 0.3) is 0 Å². The van der Waals surface area contributed by atoms with Crippen molar-refractivity contribution in [2.45, 2.75) is 47.1 Å². The Balaban J connectivity index is 2.24. The number of nitrogens with zero attached hydrogens (tertiary/aromatic N) is 2. The lowest BCUT2D eigenvalue weighted by Gasteiger charge is -2.09. The number of ketones is 1. The summed E-state index contributed by atoms with van der Waals surface area (Å²) >= 11 is 0. The zero-order chi connectivity index (χ0) is 14.9. The van der Waals surface area contributed by atoms with Crippen LogP contribution in [0.15, 0.2) is 24.4 Å². The fraction of sp³-hybridized carbons (Fsp3) is 0.412. The van der Waals surface area contributed by atoms with Crippen LogP contribution in [-0.4, -0.2) is 15.6 Å². The van der Waals surface area contributed by atoms with E-state index < -0.39 is 0 Å². The molecule has 0 aliphatic rings. The molecule has 106 valence electrons. The van der Waals surface area contributed by atoms with Gasteiger partial charge in [0.05, 0.1) is 12.1 Å². The fourth-order valence-electron chi connectivity index (χ4n) is 2.63. The van der Waals surface area contributed by atoms with Gasteiger partial charge < -0.3 is 0 Å². The molecule has 0 amide bonds. The molecule has 0 unspecified atom stereocenters. The Hall–Kier alpha value is -1.90. The number of hydrogen-bond acceptors (Lipinski definition) is 2. The van der Waals surface area contributed by atoms with Crippen molar-refractivity contribution < 1.29 is 4.79 Å². The van der Waals surface area contributed by atoms with Gasteiger partial charge in [-0.05, 0) is 51.8 Å². The standard InChI is InChI=1S/C17H22N2O/c1-11(2)19-7-6-15(18-19)10-16(20)17-13(4)8-12(3)9-14(17)5/h6-9,11H,10H2,1-5H3. The third-order valence-corrected chi connectivity index (χ3v) is 3.49. The first-order valence-electron chi connectivity index (χ1n) is 7.03. The highest BCUT2D eigenvalue weighted by atomic mass is 16.1. The monoisotopic (exact) mass is 270 g/mol. The molecule has 2 rings (SSSR count). The largest absolute Gasteiger partial charge is 0.294 e. The van der Waals surface area contributed by atoms with E-state index >= 15 is 0 Å². The number of aromatic nitrogens is 2. The second-order valence-electron chi connectivity index (χ2n) is 5.75.